The molecule has 1 aliphatic heterocycles. The van der Waals surface area contributed by atoms with E-state index < -0.39 is 0 Å². The Kier molecular flexibility index (Phi) is 4.86. The van der Waals surface area contributed by atoms with E-state index in [0.717, 1.165) is 40.2 Å². The molecule has 1 aliphatic rings. The normalized spacial score (nSPS) is 17.5. The number of carbonyl (C=O) groups is 1. The summed E-state index contributed by atoms with van der Waals surface area (Å²) < 4.78 is 2.67. The third-order valence-corrected chi connectivity index (χ3v) is 6.09. The first-order chi connectivity index (χ1) is 12.6. The van der Waals surface area contributed by atoms with Gasteiger partial charge in [-0.05, 0) is 38.0 Å². The van der Waals surface area contributed by atoms with Crippen LogP contribution in [0.4, 0.5) is 0 Å². The maximum Gasteiger partial charge on any atom is 0.276 e. The second kappa shape index (κ2) is 7.28. The van der Waals surface area contributed by atoms with Gasteiger partial charge in [0.2, 0.25) is 0 Å². The van der Waals surface area contributed by atoms with Gasteiger partial charge in [0.05, 0.1) is 16.4 Å². The third-order valence-electron chi connectivity index (χ3n) is 4.66. The maximum atomic E-state index is 13.0. The van der Waals surface area contributed by atoms with Gasteiger partial charge in [0.15, 0.2) is 5.69 Å². The first kappa shape index (κ1) is 17.4. The number of nitrogens with zero attached hydrogens (tertiary/aromatic N) is 5. The highest BCUT2D eigenvalue weighted by Gasteiger charge is 2.29. The molecule has 1 saturated heterocycles. The van der Waals surface area contributed by atoms with Crippen molar-refractivity contribution in [3.8, 4) is 5.69 Å². The molecule has 1 amide bonds. The highest BCUT2D eigenvalue weighted by molar-refractivity contribution is 9.10. The summed E-state index contributed by atoms with van der Waals surface area (Å²) in [6, 6.07) is 7.79. The minimum Gasteiger partial charge on any atom is -0.336 e. The molecule has 0 N–H and O–H groups in total. The monoisotopic (exact) mass is 431 g/mol. The molecule has 6 nitrogen and oxygen atoms in total. The lowest BCUT2D eigenvalue weighted by molar-refractivity contribution is 0.0700. The highest BCUT2D eigenvalue weighted by Crippen LogP contribution is 2.29. The average molecular weight is 432 g/mol. The summed E-state index contributed by atoms with van der Waals surface area (Å²) in [5.74, 6) is 0.262. The third kappa shape index (κ3) is 3.31. The fourth-order valence-electron chi connectivity index (χ4n) is 3.33. The minimum atomic E-state index is -0.0509. The van der Waals surface area contributed by atoms with Crippen LogP contribution >= 0.6 is 27.3 Å². The average Bonchev–Trinajstić information content (AvgIpc) is 3.31. The van der Waals surface area contributed by atoms with Crippen LogP contribution in [-0.4, -0.2) is 43.9 Å². The van der Waals surface area contributed by atoms with Crippen LogP contribution in [0.3, 0.4) is 0 Å². The lowest BCUT2D eigenvalue weighted by Gasteiger charge is -2.31. The SMILES string of the molecule is Cc1c(C(=O)N2CCCC(c3nccs3)C2)nnn1-c1cccc(Br)c1. The lowest BCUT2D eigenvalue weighted by Crippen LogP contribution is -2.39. The van der Waals surface area contributed by atoms with Gasteiger partial charge in [0.1, 0.15) is 0 Å². The van der Waals surface area contributed by atoms with Crippen molar-refractivity contribution in [2.75, 3.05) is 13.1 Å². The lowest BCUT2D eigenvalue weighted by atomic mass is 9.98. The first-order valence-corrected chi connectivity index (χ1v) is 10.2. The molecule has 0 bridgehead atoms. The fraction of sp³-hybridized carbons (Fsp3) is 0.333. The van der Waals surface area contributed by atoms with Crippen LogP contribution in [0.2, 0.25) is 0 Å². The van der Waals surface area contributed by atoms with Crippen molar-refractivity contribution < 1.29 is 4.79 Å². The van der Waals surface area contributed by atoms with Crippen molar-refractivity contribution in [1.29, 1.82) is 0 Å². The van der Waals surface area contributed by atoms with Gasteiger partial charge in [-0.2, -0.15) is 0 Å². The number of likely N-dealkylation sites (tertiary alicyclic amines) is 1. The van der Waals surface area contributed by atoms with Crippen LogP contribution in [-0.2, 0) is 0 Å². The highest BCUT2D eigenvalue weighted by atomic mass is 79.9. The largest absolute Gasteiger partial charge is 0.336 e. The minimum absolute atomic E-state index is 0.0509. The summed E-state index contributed by atoms with van der Waals surface area (Å²) in [4.78, 5) is 19.3. The zero-order valence-corrected chi connectivity index (χ0v) is 16.7. The Bertz CT molecular complexity index is 924. The van der Waals surface area contributed by atoms with Gasteiger partial charge >= 0.3 is 0 Å². The second-order valence-corrected chi connectivity index (χ2v) is 8.22. The number of aromatic nitrogens is 4. The number of piperidine rings is 1. The standard InChI is InChI=1S/C18H18BrN5OS/c1-12-16(21-22-24(12)15-6-2-5-14(19)10-15)18(25)23-8-3-4-13(11-23)17-20-7-9-26-17/h2,5-7,9-10,13H,3-4,8,11H2,1H3. The zero-order chi connectivity index (χ0) is 18.1. The van der Waals surface area contributed by atoms with Crippen molar-refractivity contribution in [3.63, 3.8) is 0 Å². The van der Waals surface area contributed by atoms with Gasteiger partial charge in [0.25, 0.3) is 5.91 Å². The van der Waals surface area contributed by atoms with Gasteiger partial charge in [-0.15, -0.1) is 16.4 Å². The van der Waals surface area contributed by atoms with Crippen LogP contribution in [0, 0.1) is 6.92 Å². The molecule has 3 aromatic rings. The van der Waals surface area contributed by atoms with E-state index in [4.69, 9.17) is 0 Å². The summed E-state index contributed by atoms with van der Waals surface area (Å²) in [6.07, 6.45) is 3.88. The van der Waals surface area contributed by atoms with Gasteiger partial charge < -0.3 is 4.90 Å². The molecular weight excluding hydrogens is 414 g/mol. The topological polar surface area (TPSA) is 63.9 Å². The summed E-state index contributed by atoms with van der Waals surface area (Å²) >= 11 is 5.13. The van der Waals surface area contributed by atoms with E-state index in [1.165, 1.54) is 0 Å². The van der Waals surface area contributed by atoms with E-state index in [1.807, 2.05) is 47.7 Å². The Labute approximate surface area is 164 Å². The maximum absolute atomic E-state index is 13.0. The predicted molar refractivity (Wildman–Crippen MR) is 104 cm³/mol. The number of hydrogen-bond acceptors (Lipinski definition) is 5. The van der Waals surface area contributed by atoms with Crippen molar-refractivity contribution in [2.24, 2.45) is 0 Å². The number of hydrogen-bond donors (Lipinski definition) is 0. The van der Waals surface area contributed by atoms with Gasteiger partial charge in [-0.25, -0.2) is 9.67 Å². The van der Waals surface area contributed by atoms with E-state index in [1.54, 1.807) is 16.0 Å². The van der Waals surface area contributed by atoms with Crippen LogP contribution in [0.5, 0.6) is 0 Å². The number of rotatable bonds is 3. The fourth-order valence-corrected chi connectivity index (χ4v) is 4.48. The van der Waals surface area contributed by atoms with Crippen molar-refractivity contribution >= 4 is 33.2 Å². The van der Waals surface area contributed by atoms with E-state index in [-0.39, 0.29) is 5.91 Å². The van der Waals surface area contributed by atoms with E-state index >= 15 is 0 Å². The van der Waals surface area contributed by atoms with Gasteiger partial charge in [-0.3, -0.25) is 4.79 Å². The summed E-state index contributed by atoms with van der Waals surface area (Å²) in [5, 5.41) is 11.5. The van der Waals surface area contributed by atoms with Crippen LogP contribution in [0.1, 0.15) is 39.9 Å². The molecule has 8 heteroatoms. The van der Waals surface area contributed by atoms with Crippen LogP contribution in [0.15, 0.2) is 40.3 Å². The molecule has 2 aromatic heterocycles. The Morgan fingerprint density at radius 3 is 3.04 bits per heavy atom. The Morgan fingerprint density at radius 2 is 2.27 bits per heavy atom. The van der Waals surface area contributed by atoms with E-state index in [2.05, 4.69) is 31.2 Å². The second-order valence-electron chi connectivity index (χ2n) is 6.38. The number of amides is 1. The first-order valence-electron chi connectivity index (χ1n) is 8.50. The molecule has 0 radical (unpaired) electrons. The molecule has 1 fully saturated rings. The molecule has 134 valence electrons. The number of carbonyl (C=O) groups excluding carboxylic acids is 1. The van der Waals surface area contributed by atoms with Crippen molar-refractivity contribution in [1.82, 2.24) is 24.9 Å². The summed E-state index contributed by atoms with van der Waals surface area (Å²) in [5.41, 5.74) is 2.05. The molecule has 0 aliphatic carbocycles. The summed E-state index contributed by atoms with van der Waals surface area (Å²) in [7, 11) is 0. The summed E-state index contributed by atoms with van der Waals surface area (Å²) in [6.45, 7) is 3.33. The molecule has 26 heavy (non-hydrogen) atoms. The van der Waals surface area contributed by atoms with Crippen molar-refractivity contribution in [2.45, 2.75) is 25.7 Å². The molecule has 1 aromatic carbocycles. The van der Waals surface area contributed by atoms with E-state index in [9.17, 15) is 4.79 Å². The van der Waals surface area contributed by atoms with Gasteiger partial charge in [-0.1, -0.05) is 27.2 Å². The van der Waals surface area contributed by atoms with Gasteiger partial charge in [0, 0.05) is 35.1 Å². The molecule has 3 heterocycles. The molecule has 0 spiro atoms. The molecule has 0 saturated carbocycles. The smallest absolute Gasteiger partial charge is 0.276 e. The van der Waals surface area contributed by atoms with Crippen LogP contribution in [0.25, 0.3) is 5.69 Å². The van der Waals surface area contributed by atoms with Crippen LogP contribution < -0.4 is 0 Å². The Hall–Kier alpha value is -2.06. The zero-order valence-electron chi connectivity index (χ0n) is 14.3. The number of benzene rings is 1. The number of halogens is 1. The molecule has 1 unspecified atom stereocenters. The molecule has 1 atom stereocenters. The van der Waals surface area contributed by atoms with Crippen molar-refractivity contribution in [3.05, 3.63) is 56.7 Å². The molecule has 4 rings (SSSR count). The number of thiazole rings is 1. The molecular formula is C18H18BrN5OS. The van der Waals surface area contributed by atoms with E-state index in [0.29, 0.717) is 18.2 Å². The quantitative estimate of drug-likeness (QED) is 0.632. The predicted octanol–water partition coefficient (Wildman–Crippen LogP) is 3.81. The Morgan fingerprint density at radius 1 is 1.38 bits per heavy atom. The Balaban J connectivity index is 1.57.